The van der Waals surface area contributed by atoms with Gasteiger partial charge < -0.3 is 9.64 Å². The normalized spacial score (nSPS) is 17.4. The van der Waals surface area contributed by atoms with Crippen molar-refractivity contribution in [3.63, 3.8) is 0 Å². The van der Waals surface area contributed by atoms with Gasteiger partial charge in [0.25, 0.3) is 0 Å². The summed E-state index contributed by atoms with van der Waals surface area (Å²) in [6.45, 7) is 0.435. The van der Waals surface area contributed by atoms with Crippen molar-refractivity contribution in [2.24, 2.45) is 0 Å². The molecule has 1 aliphatic heterocycles. The minimum atomic E-state index is -4.44. The number of hydrogen-bond donors (Lipinski definition) is 0. The molecule has 0 aliphatic carbocycles. The maximum atomic E-state index is 13.1. The van der Waals surface area contributed by atoms with Crippen LogP contribution in [0.2, 0.25) is 0 Å². The monoisotopic (exact) mass is 301 g/mol. The maximum Gasteiger partial charge on any atom is 0.409 e. The van der Waals surface area contributed by atoms with Crippen LogP contribution in [0.1, 0.15) is 30.7 Å². The molecule has 1 fully saturated rings. The van der Waals surface area contributed by atoms with Crippen LogP contribution in [0.15, 0.2) is 30.3 Å². The molecule has 1 aromatic rings. The average Bonchev–Trinajstić information content (AvgIpc) is 2.48. The van der Waals surface area contributed by atoms with Crippen molar-refractivity contribution in [3.8, 4) is 0 Å². The summed E-state index contributed by atoms with van der Waals surface area (Å²) in [5, 5.41) is 0. The van der Waals surface area contributed by atoms with Crippen LogP contribution >= 0.6 is 0 Å². The van der Waals surface area contributed by atoms with E-state index in [9.17, 15) is 18.0 Å². The van der Waals surface area contributed by atoms with E-state index in [1.807, 2.05) is 0 Å². The van der Waals surface area contributed by atoms with Crippen LogP contribution in [0, 0.1) is 0 Å². The lowest BCUT2D eigenvalue weighted by Crippen LogP contribution is -2.37. The number of carbonyl (C=O) groups excluding carboxylic acids is 1. The Labute approximate surface area is 121 Å². The second-order valence-electron chi connectivity index (χ2n) is 5.13. The molecule has 1 heterocycles. The van der Waals surface area contributed by atoms with Gasteiger partial charge >= 0.3 is 12.3 Å². The van der Waals surface area contributed by atoms with Crippen LogP contribution in [0.25, 0.3) is 0 Å². The van der Waals surface area contributed by atoms with Crippen LogP contribution in [-0.4, -0.2) is 36.9 Å². The Balaban J connectivity index is 1.98. The Hall–Kier alpha value is -1.72. The predicted molar refractivity (Wildman–Crippen MR) is 72.0 cm³/mol. The molecule has 2 rings (SSSR count). The third kappa shape index (κ3) is 4.37. The number of ether oxygens (including phenoxy) is 1. The summed E-state index contributed by atoms with van der Waals surface area (Å²) in [6.07, 6.45) is -2.31. The molecule has 116 valence electrons. The Kier molecular flexibility index (Phi) is 5.09. The van der Waals surface area contributed by atoms with Crippen molar-refractivity contribution in [1.29, 1.82) is 0 Å². The van der Waals surface area contributed by atoms with Gasteiger partial charge in [0, 0.05) is 13.1 Å². The van der Waals surface area contributed by atoms with Gasteiger partial charge in [-0.1, -0.05) is 30.3 Å². The summed E-state index contributed by atoms with van der Waals surface area (Å²) in [7, 11) is 0. The van der Waals surface area contributed by atoms with Crippen LogP contribution in [-0.2, 0) is 4.74 Å². The molecule has 6 heteroatoms. The minimum absolute atomic E-state index is 0.108. The molecule has 1 aromatic carbocycles. The number of piperidine rings is 1. The van der Waals surface area contributed by atoms with Gasteiger partial charge in [0.05, 0.1) is 0 Å². The molecule has 1 saturated heterocycles. The second-order valence-corrected chi connectivity index (χ2v) is 5.13. The Morgan fingerprint density at radius 1 is 1.14 bits per heavy atom. The van der Waals surface area contributed by atoms with Crippen molar-refractivity contribution in [2.75, 3.05) is 19.7 Å². The first-order chi connectivity index (χ1) is 9.98. The van der Waals surface area contributed by atoms with Crippen LogP contribution in [0.4, 0.5) is 18.0 Å². The van der Waals surface area contributed by atoms with Gasteiger partial charge in [-0.05, 0) is 24.8 Å². The number of nitrogens with zero attached hydrogens (tertiary/aromatic N) is 1. The highest BCUT2D eigenvalue weighted by molar-refractivity contribution is 5.67. The van der Waals surface area contributed by atoms with E-state index < -0.39 is 24.8 Å². The van der Waals surface area contributed by atoms with Gasteiger partial charge in [-0.25, -0.2) is 4.79 Å². The molecular weight excluding hydrogens is 283 g/mol. The summed E-state index contributed by atoms with van der Waals surface area (Å²) in [5.41, 5.74) is 0.108. The number of benzene rings is 1. The fourth-order valence-electron chi connectivity index (χ4n) is 2.39. The molecule has 21 heavy (non-hydrogen) atoms. The number of alkyl halides is 3. The summed E-state index contributed by atoms with van der Waals surface area (Å²) in [4.78, 5) is 13.3. The topological polar surface area (TPSA) is 29.5 Å². The van der Waals surface area contributed by atoms with Crippen molar-refractivity contribution < 1.29 is 22.7 Å². The lowest BCUT2D eigenvalue weighted by molar-refractivity contribution is -0.159. The Morgan fingerprint density at radius 3 is 2.33 bits per heavy atom. The van der Waals surface area contributed by atoms with E-state index in [0.29, 0.717) is 13.1 Å². The van der Waals surface area contributed by atoms with E-state index in [1.165, 1.54) is 17.0 Å². The van der Waals surface area contributed by atoms with Crippen molar-refractivity contribution in [3.05, 3.63) is 35.9 Å². The molecule has 1 unspecified atom stereocenters. The largest absolute Gasteiger partial charge is 0.448 e. The standard InChI is InChI=1S/C15H18F3NO2/c16-15(17,18)13(12-7-3-1-4-8-12)11-21-14(20)19-9-5-2-6-10-19/h1,3-4,7-8,13H,2,5-6,9-11H2. The van der Waals surface area contributed by atoms with Gasteiger partial charge in [-0.2, -0.15) is 13.2 Å². The fraction of sp³-hybridized carbons (Fsp3) is 0.533. The zero-order chi connectivity index (χ0) is 15.3. The quantitative estimate of drug-likeness (QED) is 0.846. The molecular formula is C15H18F3NO2. The third-order valence-corrected chi connectivity index (χ3v) is 3.58. The zero-order valence-corrected chi connectivity index (χ0v) is 11.6. The van der Waals surface area contributed by atoms with E-state index in [1.54, 1.807) is 18.2 Å². The molecule has 1 aliphatic rings. The van der Waals surface area contributed by atoms with E-state index in [2.05, 4.69) is 0 Å². The van der Waals surface area contributed by atoms with Gasteiger partial charge in [0.2, 0.25) is 0 Å². The number of likely N-dealkylation sites (tertiary alicyclic amines) is 1. The molecule has 1 atom stereocenters. The summed E-state index contributed by atoms with van der Waals surface area (Å²) < 4.78 is 44.2. The van der Waals surface area contributed by atoms with E-state index in [0.717, 1.165) is 19.3 Å². The summed E-state index contributed by atoms with van der Waals surface area (Å²) in [6, 6.07) is 7.53. The van der Waals surface area contributed by atoms with Crippen molar-refractivity contribution >= 4 is 6.09 Å². The predicted octanol–water partition coefficient (Wildman–Crippen LogP) is 3.96. The SMILES string of the molecule is O=C(OCC(c1ccccc1)C(F)(F)F)N1CCCCC1. The zero-order valence-electron chi connectivity index (χ0n) is 11.6. The van der Waals surface area contributed by atoms with Crippen molar-refractivity contribution in [1.82, 2.24) is 4.90 Å². The molecule has 1 amide bonds. The minimum Gasteiger partial charge on any atom is -0.448 e. The summed E-state index contributed by atoms with van der Waals surface area (Å²) >= 11 is 0. The average molecular weight is 301 g/mol. The third-order valence-electron chi connectivity index (χ3n) is 3.58. The summed E-state index contributed by atoms with van der Waals surface area (Å²) in [5.74, 6) is -1.78. The lowest BCUT2D eigenvalue weighted by atomic mass is 10.00. The number of rotatable bonds is 3. The molecule has 0 spiro atoms. The van der Waals surface area contributed by atoms with Crippen LogP contribution in [0.5, 0.6) is 0 Å². The van der Waals surface area contributed by atoms with Gasteiger partial charge in [0.15, 0.2) is 0 Å². The fourth-order valence-corrected chi connectivity index (χ4v) is 2.39. The van der Waals surface area contributed by atoms with E-state index in [-0.39, 0.29) is 5.56 Å². The number of hydrogen-bond acceptors (Lipinski definition) is 2. The van der Waals surface area contributed by atoms with E-state index >= 15 is 0 Å². The number of carbonyl (C=O) groups is 1. The first kappa shape index (κ1) is 15.7. The lowest BCUT2D eigenvalue weighted by Gasteiger charge is -2.27. The number of amides is 1. The smallest absolute Gasteiger partial charge is 0.409 e. The van der Waals surface area contributed by atoms with Gasteiger partial charge in [0.1, 0.15) is 12.5 Å². The second kappa shape index (κ2) is 6.83. The van der Waals surface area contributed by atoms with Gasteiger partial charge in [-0.3, -0.25) is 0 Å². The molecule has 0 N–H and O–H groups in total. The molecule has 0 aromatic heterocycles. The highest BCUT2D eigenvalue weighted by Crippen LogP contribution is 2.35. The molecule has 0 saturated carbocycles. The van der Waals surface area contributed by atoms with E-state index in [4.69, 9.17) is 4.74 Å². The maximum absolute atomic E-state index is 13.1. The highest BCUT2D eigenvalue weighted by Gasteiger charge is 2.41. The van der Waals surface area contributed by atoms with Crippen molar-refractivity contribution in [2.45, 2.75) is 31.4 Å². The molecule has 3 nitrogen and oxygen atoms in total. The van der Waals surface area contributed by atoms with Crippen LogP contribution < -0.4 is 0 Å². The van der Waals surface area contributed by atoms with Gasteiger partial charge in [-0.15, -0.1) is 0 Å². The Bertz CT molecular complexity index is 456. The number of halogens is 3. The highest BCUT2D eigenvalue weighted by atomic mass is 19.4. The first-order valence-electron chi connectivity index (χ1n) is 7.02. The molecule has 0 bridgehead atoms. The Morgan fingerprint density at radius 2 is 1.76 bits per heavy atom. The van der Waals surface area contributed by atoms with Crippen LogP contribution in [0.3, 0.4) is 0 Å². The molecule has 0 radical (unpaired) electrons. The first-order valence-corrected chi connectivity index (χ1v) is 7.02.